The Labute approximate surface area is 194 Å². The number of hydrogen-bond acceptors (Lipinski definition) is 7. The van der Waals surface area contributed by atoms with Gasteiger partial charge in [-0.1, -0.05) is 30.3 Å². The average molecular weight is 444 g/mol. The van der Waals surface area contributed by atoms with Gasteiger partial charge in [0, 0.05) is 44.8 Å². The van der Waals surface area contributed by atoms with E-state index in [0.29, 0.717) is 23.8 Å². The third-order valence-corrected chi connectivity index (χ3v) is 6.33. The van der Waals surface area contributed by atoms with Gasteiger partial charge in [-0.15, -0.1) is 0 Å². The Bertz CT molecular complexity index is 1110. The fraction of sp³-hybridized carbons (Fsp3) is 0.346. The van der Waals surface area contributed by atoms with Gasteiger partial charge in [-0.3, -0.25) is 9.69 Å². The Morgan fingerprint density at radius 2 is 1.70 bits per heavy atom. The molecule has 1 saturated heterocycles. The number of Topliss-reactive ketones (excluding diaryl/α,β-unsaturated/α-hetero) is 1. The summed E-state index contributed by atoms with van der Waals surface area (Å²) in [5, 5.41) is 3.37. The highest BCUT2D eigenvalue weighted by atomic mass is 16.5. The van der Waals surface area contributed by atoms with Crippen molar-refractivity contribution in [3.63, 3.8) is 0 Å². The minimum atomic E-state index is 0.117. The Hall–Kier alpha value is -3.45. The summed E-state index contributed by atoms with van der Waals surface area (Å²) >= 11 is 0. The van der Waals surface area contributed by atoms with Crippen molar-refractivity contribution >= 4 is 23.2 Å². The summed E-state index contributed by atoms with van der Waals surface area (Å²) in [5.41, 5.74) is 3.71. The number of nitrogens with zero attached hydrogens (tertiary/aromatic N) is 4. The molecule has 0 atom stereocenters. The van der Waals surface area contributed by atoms with E-state index in [9.17, 15) is 4.79 Å². The van der Waals surface area contributed by atoms with E-state index in [1.165, 1.54) is 5.56 Å². The van der Waals surface area contributed by atoms with Crippen molar-refractivity contribution in [3.05, 3.63) is 71.4 Å². The number of hydrogen-bond donors (Lipinski definition) is 1. The van der Waals surface area contributed by atoms with Crippen molar-refractivity contribution in [1.82, 2.24) is 14.9 Å². The summed E-state index contributed by atoms with van der Waals surface area (Å²) in [7, 11) is 1.65. The van der Waals surface area contributed by atoms with Gasteiger partial charge in [0.1, 0.15) is 11.6 Å². The van der Waals surface area contributed by atoms with Crippen LogP contribution in [0.3, 0.4) is 0 Å². The van der Waals surface area contributed by atoms with Crippen LogP contribution in [0.5, 0.6) is 5.75 Å². The molecule has 0 bridgehead atoms. The molecular formula is C26H29N5O2. The van der Waals surface area contributed by atoms with Crippen LogP contribution in [0.1, 0.15) is 34.5 Å². The van der Waals surface area contributed by atoms with Crippen molar-refractivity contribution < 1.29 is 9.53 Å². The van der Waals surface area contributed by atoms with Crippen LogP contribution in [0.4, 0.5) is 17.5 Å². The second kappa shape index (κ2) is 9.58. The van der Waals surface area contributed by atoms with Crippen molar-refractivity contribution in [2.24, 2.45) is 0 Å². The number of rotatable bonds is 6. The van der Waals surface area contributed by atoms with Gasteiger partial charge < -0.3 is 15.0 Å². The number of benzene rings is 2. The Morgan fingerprint density at radius 1 is 0.939 bits per heavy atom. The van der Waals surface area contributed by atoms with E-state index in [1.807, 2.05) is 24.3 Å². The van der Waals surface area contributed by atoms with Crippen LogP contribution in [0.2, 0.25) is 0 Å². The molecule has 3 aromatic rings. The van der Waals surface area contributed by atoms with Crippen LogP contribution in [0.25, 0.3) is 0 Å². The molecule has 1 aliphatic carbocycles. The predicted molar refractivity (Wildman–Crippen MR) is 130 cm³/mol. The van der Waals surface area contributed by atoms with Gasteiger partial charge in [-0.2, -0.15) is 4.98 Å². The molecule has 7 nitrogen and oxygen atoms in total. The SMILES string of the molecule is COc1ccc(Nc2nc(N3CCN(Cc4ccccc4)CC3)nc3c2C(=O)CCC3)cc1. The number of carbonyl (C=O) groups is 1. The number of ether oxygens (including phenoxy) is 1. The lowest BCUT2D eigenvalue weighted by Crippen LogP contribution is -2.46. The van der Waals surface area contributed by atoms with Crippen LogP contribution < -0.4 is 15.0 Å². The lowest BCUT2D eigenvalue weighted by atomic mass is 9.95. The molecule has 0 spiro atoms. The van der Waals surface area contributed by atoms with Crippen LogP contribution in [0, 0.1) is 0 Å². The molecule has 5 rings (SSSR count). The first-order valence-corrected chi connectivity index (χ1v) is 11.6. The Morgan fingerprint density at radius 3 is 2.42 bits per heavy atom. The second-order valence-electron chi connectivity index (χ2n) is 8.57. The van der Waals surface area contributed by atoms with Crippen molar-refractivity contribution in [2.75, 3.05) is 43.5 Å². The quantitative estimate of drug-likeness (QED) is 0.616. The molecule has 1 fully saturated rings. The van der Waals surface area contributed by atoms with Gasteiger partial charge in [-0.05, 0) is 42.7 Å². The van der Waals surface area contributed by atoms with Crippen LogP contribution in [-0.4, -0.2) is 53.9 Å². The largest absolute Gasteiger partial charge is 0.497 e. The summed E-state index contributed by atoms with van der Waals surface area (Å²) in [4.78, 5) is 27.1. The number of fused-ring (bicyclic) bond motifs is 1. The van der Waals surface area contributed by atoms with Crippen molar-refractivity contribution in [2.45, 2.75) is 25.8 Å². The number of carbonyl (C=O) groups excluding carboxylic acids is 1. The van der Waals surface area contributed by atoms with E-state index >= 15 is 0 Å². The second-order valence-corrected chi connectivity index (χ2v) is 8.57. The van der Waals surface area contributed by atoms with E-state index < -0.39 is 0 Å². The molecule has 1 aliphatic heterocycles. The topological polar surface area (TPSA) is 70.6 Å². The molecular weight excluding hydrogens is 414 g/mol. The molecule has 0 unspecified atom stereocenters. The van der Waals surface area contributed by atoms with Crippen LogP contribution >= 0.6 is 0 Å². The van der Waals surface area contributed by atoms with Crippen LogP contribution in [-0.2, 0) is 13.0 Å². The molecule has 33 heavy (non-hydrogen) atoms. The predicted octanol–water partition coefficient (Wildman–Crippen LogP) is 4.07. The minimum absolute atomic E-state index is 0.117. The van der Waals surface area contributed by atoms with Gasteiger partial charge in [-0.25, -0.2) is 4.98 Å². The van der Waals surface area contributed by atoms with Crippen molar-refractivity contribution in [3.8, 4) is 5.75 Å². The summed E-state index contributed by atoms with van der Waals surface area (Å²) < 4.78 is 5.25. The lowest BCUT2D eigenvalue weighted by molar-refractivity contribution is 0.0972. The highest BCUT2D eigenvalue weighted by Crippen LogP contribution is 2.30. The molecule has 0 radical (unpaired) electrons. The van der Waals surface area contributed by atoms with Crippen LogP contribution in [0.15, 0.2) is 54.6 Å². The first-order chi connectivity index (χ1) is 16.2. The number of piperazine rings is 1. The molecule has 2 aromatic carbocycles. The first kappa shape index (κ1) is 21.4. The molecule has 1 N–H and O–H groups in total. The number of nitrogens with one attached hydrogen (secondary N) is 1. The number of aromatic nitrogens is 2. The van der Waals surface area contributed by atoms with E-state index in [1.54, 1.807) is 7.11 Å². The minimum Gasteiger partial charge on any atom is -0.497 e. The molecule has 7 heteroatoms. The fourth-order valence-electron chi connectivity index (χ4n) is 4.50. The maximum absolute atomic E-state index is 12.7. The van der Waals surface area contributed by atoms with Gasteiger partial charge in [0.25, 0.3) is 0 Å². The highest BCUT2D eigenvalue weighted by molar-refractivity contribution is 6.03. The molecule has 170 valence electrons. The van der Waals surface area contributed by atoms with E-state index in [2.05, 4.69) is 45.4 Å². The number of anilines is 3. The molecule has 2 aliphatic rings. The van der Waals surface area contributed by atoms with Crippen molar-refractivity contribution in [1.29, 1.82) is 0 Å². The Balaban J connectivity index is 1.35. The normalized spacial score (nSPS) is 16.4. The zero-order chi connectivity index (χ0) is 22.6. The third-order valence-electron chi connectivity index (χ3n) is 6.33. The number of methoxy groups -OCH3 is 1. The standard InChI is InChI=1S/C26H29N5O2/c1-33-21-12-10-20(11-13-21)27-25-24-22(8-5-9-23(24)32)28-26(29-25)31-16-14-30(15-17-31)18-19-6-3-2-4-7-19/h2-4,6-7,10-13H,5,8-9,14-18H2,1H3,(H,27,28,29). The molecule has 0 saturated carbocycles. The average Bonchev–Trinajstić information content (AvgIpc) is 2.85. The highest BCUT2D eigenvalue weighted by Gasteiger charge is 2.27. The van der Waals surface area contributed by atoms with E-state index in [0.717, 1.165) is 62.7 Å². The summed E-state index contributed by atoms with van der Waals surface area (Å²) in [6.07, 6.45) is 2.20. The monoisotopic (exact) mass is 443 g/mol. The smallest absolute Gasteiger partial charge is 0.227 e. The molecule has 1 aromatic heterocycles. The number of ketones is 1. The zero-order valence-electron chi connectivity index (χ0n) is 19.0. The molecule has 2 heterocycles. The van der Waals surface area contributed by atoms with E-state index in [-0.39, 0.29) is 5.78 Å². The third kappa shape index (κ3) is 4.83. The maximum Gasteiger partial charge on any atom is 0.227 e. The van der Waals surface area contributed by atoms with Gasteiger partial charge >= 0.3 is 0 Å². The fourth-order valence-corrected chi connectivity index (χ4v) is 4.50. The van der Waals surface area contributed by atoms with E-state index in [4.69, 9.17) is 14.7 Å². The lowest BCUT2D eigenvalue weighted by Gasteiger charge is -2.35. The molecule has 0 amide bonds. The maximum atomic E-state index is 12.7. The Kier molecular flexibility index (Phi) is 6.21. The van der Waals surface area contributed by atoms with Gasteiger partial charge in [0.2, 0.25) is 5.95 Å². The van der Waals surface area contributed by atoms with Gasteiger partial charge in [0.15, 0.2) is 5.78 Å². The summed E-state index contributed by atoms with van der Waals surface area (Å²) in [6, 6.07) is 18.2. The first-order valence-electron chi connectivity index (χ1n) is 11.6. The number of aryl methyl sites for hydroxylation is 1. The van der Waals surface area contributed by atoms with Gasteiger partial charge in [0.05, 0.1) is 18.4 Å². The summed E-state index contributed by atoms with van der Waals surface area (Å²) in [6.45, 7) is 4.59. The zero-order valence-corrected chi connectivity index (χ0v) is 19.0. The summed E-state index contributed by atoms with van der Waals surface area (Å²) in [5.74, 6) is 2.22.